The Kier molecular flexibility index (Phi) is 7.32. The fourth-order valence-corrected chi connectivity index (χ4v) is 4.79. The second kappa shape index (κ2) is 10.1. The molecule has 0 atom stereocenters. The first-order valence-corrected chi connectivity index (χ1v) is 13.6. The van der Waals surface area contributed by atoms with Crippen LogP contribution in [0, 0.1) is 11.2 Å². The smallest absolute Gasteiger partial charge is 0.267 e. The number of pyridine rings is 1. The summed E-state index contributed by atoms with van der Waals surface area (Å²) in [6, 6.07) is 8.42. The predicted octanol–water partition coefficient (Wildman–Crippen LogP) is 3.48. The first-order valence-electron chi connectivity index (χ1n) is 11.8. The topological polar surface area (TPSA) is 97.8 Å². The molecule has 1 N–H and O–H groups in total. The maximum atomic E-state index is 14.8. The lowest BCUT2D eigenvalue weighted by molar-refractivity contribution is 0.0645. The Bertz CT molecular complexity index is 1190. The van der Waals surface area contributed by atoms with Gasteiger partial charge >= 0.3 is 0 Å². The van der Waals surface area contributed by atoms with Crippen LogP contribution >= 0.6 is 0 Å². The molecule has 2 fully saturated rings. The molecule has 1 saturated carbocycles. The zero-order valence-corrected chi connectivity index (χ0v) is 21.2. The number of amides is 1. The minimum absolute atomic E-state index is 0.0675. The number of likely N-dealkylation sites (tertiary alicyclic amines) is 1. The summed E-state index contributed by atoms with van der Waals surface area (Å²) in [5, 5.41) is 0. The standard InChI is InChI=1S/C25H32FN3O5S/c1-25(9-11-29(12-10-25)15-18-5-4-6-23(27-18)33-2)16-34-22-14-21(26)20(13-19(22)17-7-8-17)24(30)28-35(3,31)32/h4-6,13-14,17H,7-12,15-16H2,1-3H3,(H,28,30). The van der Waals surface area contributed by atoms with E-state index in [1.807, 2.05) is 22.9 Å². The summed E-state index contributed by atoms with van der Waals surface area (Å²) < 4.78 is 50.7. The second-order valence-electron chi connectivity index (χ2n) is 9.89. The molecule has 1 amide bonds. The van der Waals surface area contributed by atoms with Crippen molar-refractivity contribution in [1.29, 1.82) is 0 Å². The number of rotatable bonds is 9. The molecular formula is C25H32FN3O5S. The fraction of sp³-hybridized carbons (Fsp3) is 0.520. The van der Waals surface area contributed by atoms with Gasteiger partial charge in [0.2, 0.25) is 15.9 Å². The lowest BCUT2D eigenvalue weighted by Crippen LogP contribution is -2.41. The highest BCUT2D eigenvalue weighted by Gasteiger charge is 2.33. The minimum Gasteiger partial charge on any atom is -0.493 e. The monoisotopic (exact) mass is 505 g/mol. The summed E-state index contributed by atoms with van der Waals surface area (Å²) >= 11 is 0. The van der Waals surface area contributed by atoms with Crippen LogP contribution in [0.5, 0.6) is 11.6 Å². The number of carbonyl (C=O) groups is 1. The average molecular weight is 506 g/mol. The van der Waals surface area contributed by atoms with Gasteiger partial charge in [-0.2, -0.15) is 0 Å². The molecule has 190 valence electrons. The highest BCUT2D eigenvalue weighted by Crippen LogP contribution is 2.45. The molecule has 0 unspecified atom stereocenters. The van der Waals surface area contributed by atoms with Gasteiger partial charge < -0.3 is 9.47 Å². The van der Waals surface area contributed by atoms with E-state index in [0.717, 1.165) is 62.8 Å². The van der Waals surface area contributed by atoms with E-state index >= 15 is 0 Å². The van der Waals surface area contributed by atoms with Gasteiger partial charge in [-0.15, -0.1) is 0 Å². The molecule has 1 aliphatic carbocycles. The van der Waals surface area contributed by atoms with Crippen molar-refractivity contribution in [1.82, 2.24) is 14.6 Å². The number of hydrogen-bond acceptors (Lipinski definition) is 7. The average Bonchev–Trinajstić information content (AvgIpc) is 3.64. The number of methoxy groups -OCH3 is 1. The van der Waals surface area contributed by atoms with Crippen LogP contribution in [-0.2, 0) is 16.6 Å². The number of carbonyl (C=O) groups excluding carboxylic acids is 1. The number of nitrogens with zero attached hydrogens (tertiary/aromatic N) is 2. The molecule has 1 aromatic heterocycles. The lowest BCUT2D eigenvalue weighted by atomic mass is 9.81. The predicted molar refractivity (Wildman–Crippen MR) is 130 cm³/mol. The third kappa shape index (κ3) is 6.70. The van der Waals surface area contributed by atoms with Crippen molar-refractivity contribution in [2.75, 3.05) is 33.1 Å². The number of aromatic nitrogens is 1. The molecule has 2 heterocycles. The summed E-state index contributed by atoms with van der Waals surface area (Å²) in [6.45, 7) is 5.16. The maximum Gasteiger partial charge on any atom is 0.267 e. The summed E-state index contributed by atoms with van der Waals surface area (Å²) in [4.78, 5) is 19.1. The third-order valence-corrected chi connectivity index (χ3v) is 7.21. The van der Waals surface area contributed by atoms with Crippen LogP contribution in [0.4, 0.5) is 4.39 Å². The normalized spacial score (nSPS) is 18.2. The molecule has 8 nitrogen and oxygen atoms in total. The van der Waals surface area contributed by atoms with E-state index < -0.39 is 21.7 Å². The Hall–Kier alpha value is -2.72. The zero-order chi connectivity index (χ0) is 25.2. The Balaban J connectivity index is 1.39. The Morgan fingerprint density at radius 3 is 2.60 bits per heavy atom. The maximum absolute atomic E-state index is 14.8. The number of piperidine rings is 1. The molecule has 2 aliphatic rings. The quantitative estimate of drug-likeness (QED) is 0.557. The third-order valence-electron chi connectivity index (χ3n) is 6.65. The van der Waals surface area contributed by atoms with Crippen molar-refractivity contribution in [2.45, 2.75) is 45.1 Å². The number of nitrogens with one attached hydrogen (secondary N) is 1. The minimum atomic E-state index is -3.79. The molecule has 0 bridgehead atoms. The van der Waals surface area contributed by atoms with Crippen molar-refractivity contribution in [2.24, 2.45) is 5.41 Å². The second-order valence-corrected chi connectivity index (χ2v) is 11.6. The van der Waals surface area contributed by atoms with Gasteiger partial charge in [0.05, 0.1) is 31.2 Å². The van der Waals surface area contributed by atoms with Crippen LogP contribution in [0.3, 0.4) is 0 Å². The molecule has 0 spiro atoms. The van der Waals surface area contributed by atoms with Crippen molar-refractivity contribution in [3.63, 3.8) is 0 Å². The molecule has 1 saturated heterocycles. The van der Waals surface area contributed by atoms with E-state index in [1.54, 1.807) is 7.11 Å². The molecule has 4 rings (SSSR count). The Labute approximate surface area is 205 Å². The van der Waals surface area contributed by atoms with Crippen LogP contribution in [0.15, 0.2) is 30.3 Å². The summed E-state index contributed by atoms with van der Waals surface area (Å²) in [7, 11) is -2.18. The molecule has 35 heavy (non-hydrogen) atoms. The highest BCUT2D eigenvalue weighted by molar-refractivity contribution is 7.89. The van der Waals surface area contributed by atoms with E-state index in [-0.39, 0.29) is 16.9 Å². The van der Waals surface area contributed by atoms with Gasteiger partial charge in [-0.3, -0.25) is 9.69 Å². The Morgan fingerprint density at radius 1 is 1.26 bits per heavy atom. The summed E-state index contributed by atoms with van der Waals surface area (Å²) in [6.07, 6.45) is 4.57. The molecular weight excluding hydrogens is 473 g/mol. The van der Waals surface area contributed by atoms with Crippen LogP contribution in [0.2, 0.25) is 0 Å². The molecule has 2 aromatic rings. The van der Waals surface area contributed by atoms with Crippen molar-refractivity contribution in [3.05, 3.63) is 53.0 Å². The van der Waals surface area contributed by atoms with E-state index in [1.165, 1.54) is 12.1 Å². The number of halogens is 1. The van der Waals surface area contributed by atoms with E-state index in [0.29, 0.717) is 18.2 Å². The van der Waals surface area contributed by atoms with Crippen LogP contribution in [0.1, 0.15) is 60.1 Å². The largest absolute Gasteiger partial charge is 0.493 e. The van der Waals surface area contributed by atoms with Gasteiger partial charge in [-0.05, 0) is 62.4 Å². The van der Waals surface area contributed by atoms with Gasteiger partial charge in [0.25, 0.3) is 5.91 Å². The van der Waals surface area contributed by atoms with E-state index in [4.69, 9.17) is 9.47 Å². The van der Waals surface area contributed by atoms with Gasteiger partial charge in [0.1, 0.15) is 11.6 Å². The van der Waals surface area contributed by atoms with Crippen molar-refractivity contribution in [3.8, 4) is 11.6 Å². The van der Waals surface area contributed by atoms with Gasteiger partial charge in [0, 0.05) is 24.1 Å². The molecule has 0 radical (unpaired) electrons. The molecule has 10 heteroatoms. The number of sulfonamides is 1. The number of ether oxygens (including phenoxy) is 2. The van der Waals surface area contributed by atoms with Crippen molar-refractivity contribution < 1.29 is 27.1 Å². The number of hydrogen-bond donors (Lipinski definition) is 1. The summed E-state index contributed by atoms with van der Waals surface area (Å²) in [5.74, 6) is -0.526. The van der Waals surface area contributed by atoms with E-state index in [9.17, 15) is 17.6 Å². The van der Waals surface area contributed by atoms with Crippen molar-refractivity contribution >= 4 is 15.9 Å². The van der Waals surface area contributed by atoms with Crippen LogP contribution in [0.25, 0.3) is 0 Å². The number of benzene rings is 1. The van der Waals surface area contributed by atoms with Crippen LogP contribution in [-0.4, -0.2) is 57.3 Å². The first-order chi connectivity index (χ1) is 16.5. The molecule has 1 aromatic carbocycles. The van der Waals surface area contributed by atoms with Gasteiger partial charge in [-0.1, -0.05) is 13.0 Å². The fourth-order valence-electron chi connectivity index (χ4n) is 4.34. The Morgan fingerprint density at radius 2 is 1.97 bits per heavy atom. The summed E-state index contributed by atoms with van der Waals surface area (Å²) in [5.41, 5.74) is 1.38. The first kappa shape index (κ1) is 25.4. The van der Waals surface area contributed by atoms with E-state index in [2.05, 4.69) is 16.8 Å². The van der Waals surface area contributed by atoms with Gasteiger partial charge in [-0.25, -0.2) is 22.5 Å². The molecule has 1 aliphatic heterocycles. The van der Waals surface area contributed by atoms with Crippen LogP contribution < -0.4 is 14.2 Å². The van der Waals surface area contributed by atoms with Gasteiger partial charge in [0.15, 0.2) is 0 Å². The SMILES string of the molecule is COc1cccc(CN2CCC(C)(COc3cc(F)c(C(=O)NS(C)(=O)=O)cc3C3CC3)CC2)n1. The zero-order valence-electron chi connectivity index (χ0n) is 20.3. The lowest BCUT2D eigenvalue weighted by Gasteiger charge is -2.39. The highest BCUT2D eigenvalue weighted by atomic mass is 32.2.